The smallest absolute Gasteiger partial charge is 0.125 e. The molecule has 0 spiro atoms. The van der Waals surface area contributed by atoms with Gasteiger partial charge in [-0.2, -0.15) is 0 Å². The van der Waals surface area contributed by atoms with Gasteiger partial charge in [-0.1, -0.05) is 11.6 Å². The maximum absolute atomic E-state index is 13.2. The van der Waals surface area contributed by atoms with E-state index in [9.17, 15) is 4.39 Å². The summed E-state index contributed by atoms with van der Waals surface area (Å²) in [5, 5.41) is 3.60. The summed E-state index contributed by atoms with van der Waals surface area (Å²) >= 11 is 9.10. The molecule has 1 heterocycles. The van der Waals surface area contributed by atoms with Crippen molar-refractivity contribution in [3.8, 4) is 0 Å². The third-order valence-electron chi connectivity index (χ3n) is 2.46. The van der Waals surface area contributed by atoms with E-state index < -0.39 is 0 Å². The van der Waals surface area contributed by atoms with E-state index >= 15 is 0 Å². The minimum atomic E-state index is -0.329. The van der Waals surface area contributed by atoms with Crippen LogP contribution in [0.1, 0.15) is 11.3 Å². The van der Waals surface area contributed by atoms with Crippen molar-refractivity contribution in [2.75, 3.05) is 5.32 Å². The molecule has 0 aliphatic carbocycles. The highest BCUT2D eigenvalue weighted by Crippen LogP contribution is 2.19. The molecule has 94 valence electrons. The second-order valence-corrected chi connectivity index (χ2v) is 5.15. The largest absolute Gasteiger partial charge is 0.379 e. The molecule has 1 aromatic heterocycles. The standard InChI is InChI=1S/C13H11BrClFN2/c1-8-12(2-3-13(14)18-8)17-7-9-4-10(15)6-11(16)5-9/h2-6,17H,7H2,1H3. The van der Waals surface area contributed by atoms with Crippen molar-refractivity contribution >= 4 is 33.2 Å². The van der Waals surface area contributed by atoms with Gasteiger partial charge in [-0.25, -0.2) is 9.37 Å². The van der Waals surface area contributed by atoms with Crippen LogP contribution in [0.3, 0.4) is 0 Å². The Labute approximate surface area is 118 Å². The summed E-state index contributed by atoms with van der Waals surface area (Å²) in [6.45, 7) is 2.41. The number of halogens is 3. The molecule has 18 heavy (non-hydrogen) atoms. The predicted molar refractivity (Wildman–Crippen MR) is 75.4 cm³/mol. The molecular formula is C13H11BrClFN2. The van der Waals surface area contributed by atoms with Crippen LogP contribution in [0, 0.1) is 12.7 Å². The second-order valence-electron chi connectivity index (χ2n) is 3.90. The van der Waals surface area contributed by atoms with Crippen molar-refractivity contribution < 1.29 is 4.39 Å². The Hall–Kier alpha value is -1.13. The van der Waals surface area contributed by atoms with E-state index in [2.05, 4.69) is 26.2 Å². The Balaban J connectivity index is 2.11. The Kier molecular flexibility index (Phi) is 4.19. The van der Waals surface area contributed by atoms with Crippen molar-refractivity contribution in [1.29, 1.82) is 0 Å². The lowest BCUT2D eigenvalue weighted by molar-refractivity contribution is 0.626. The van der Waals surface area contributed by atoms with Crippen molar-refractivity contribution in [2.24, 2.45) is 0 Å². The fourth-order valence-electron chi connectivity index (χ4n) is 1.63. The van der Waals surface area contributed by atoms with Gasteiger partial charge in [0.2, 0.25) is 0 Å². The lowest BCUT2D eigenvalue weighted by atomic mass is 10.2. The van der Waals surface area contributed by atoms with Gasteiger partial charge in [0.1, 0.15) is 10.4 Å². The van der Waals surface area contributed by atoms with Crippen LogP contribution in [0.15, 0.2) is 34.9 Å². The van der Waals surface area contributed by atoms with Crippen LogP contribution in [0.5, 0.6) is 0 Å². The molecule has 0 amide bonds. The maximum Gasteiger partial charge on any atom is 0.125 e. The van der Waals surface area contributed by atoms with Gasteiger partial charge in [0, 0.05) is 11.6 Å². The third kappa shape index (κ3) is 3.43. The molecule has 0 aliphatic heterocycles. The van der Waals surface area contributed by atoms with Crippen LogP contribution < -0.4 is 5.32 Å². The monoisotopic (exact) mass is 328 g/mol. The molecule has 0 radical (unpaired) electrons. The van der Waals surface area contributed by atoms with Crippen molar-refractivity contribution in [3.05, 3.63) is 57.0 Å². The molecular weight excluding hydrogens is 319 g/mol. The summed E-state index contributed by atoms with van der Waals surface area (Å²) < 4.78 is 13.9. The van der Waals surface area contributed by atoms with Crippen LogP contribution in [0.4, 0.5) is 10.1 Å². The van der Waals surface area contributed by atoms with Crippen LogP contribution in [0.25, 0.3) is 0 Å². The van der Waals surface area contributed by atoms with E-state index in [0.29, 0.717) is 11.6 Å². The molecule has 0 bridgehead atoms. The minimum absolute atomic E-state index is 0.329. The number of anilines is 1. The fourth-order valence-corrected chi connectivity index (χ4v) is 2.27. The van der Waals surface area contributed by atoms with E-state index in [1.807, 2.05) is 19.1 Å². The Morgan fingerprint density at radius 3 is 2.78 bits per heavy atom. The third-order valence-corrected chi connectivity index (χ3v) is 3.12. The average Bonchev–Trinajstić information content (AvgIpc) is 2.26. The average molecular weight is 330 g/mol. The van der Waals surface area contributed by atoms with E-state index in [1.54, 1.807) is 6.07 Å². The van der Waals surface area contributed by atoms with Crippen molar-refractivity contribution in [2.45, 2.75) is 13.5 Å². The lowest BCUT2D eigenvalue weighted by Crippen LogP contribution is -2.02. The van der Waals surface area contributed by atoms with Gasteiger partial charge in [0.05, 0.1) is 11.4 Å². The molecule has 0 unspecified atom stereocenters. The molecule has 0 fully saturated rings. The zero-order valence-electron chi connectivity index (χ0n) is 9.67. The topological polar surface area (TPSA) is 24.9 Å². The van der Waals surface area contributed by atoms with Gasteiger partial charge in [-0.05, 0) is 58.7 Å². The summed E-state index contributed by atoms with van der Waals surface area (Å²) in [4.78, 5) is 4.27. The van der Waals surface area contributed by atoms with Gasteiger partial charge in [-0.3, -0.25) is 0 Å². The minimum Gasteiger partial charge on any atom is -0.379 e. The highest BCUT2D eigenvalue weighted by molar-refractivity contribution is 9.10. The number of nitrogens with one attached hydrogen (secondary N) is 1. The number of aromatic nitrogens is 1. The Bertz CT molecular complexity index is 555. The van der Waals surface area contributed by atoms with E-state index in [-0.39, 0.29) is 5.82 Å². The summed E-state index contributed by atoms with van der Waals surface area (Å²) in [6.07, 6.45) is 0. The van der Waals surface area contributed by atoms with Crippen molar-refractivity contribution in [3.63, 3.8) is 0 Å². The van der Waals surface area contributed by atoms with Crippen LogP contribution >= 0.6 is 27.5 Å². The molecule has 5 heteroatoms. The number of benzene rings is 1. The lowest BCUT2D eigenvalue weighted by Gasteiger charge is -2.09. The Morgan fingerprint density at radius 2 is 2.11 bits per heavy atom. The zero-order chi connectivity index (χ0) is 13.1. The maximum atomic E-state index is 13.2. The van der Waals surface area contributed by atoms with Gasteiger partial charge < -0.3 is 5.32 Å². The van der Waals surface area contributed by atoms with Crippen LogP contribution in [0.2, 0.25) is 5.02 Å². The number of rotatable bonds is 3. The zero-order valence-corrected chi connectivity index (χ0v) is 12.0. The van der Waals surface area contributed by atoms with E-state index in [4.69, 9.17) is 11.6 Å². The van der Waals surface area contributed by atoms with Gasteiger partial charge in [0.25, 0.3) is 0 Å². The first kappa shape index (κ1) is 13.3. The molecule has 0 saturated carbocycles. The number of nitrogens with zero attached hydrogens (tertiary/aromatic N) is 1. The summed E-state index contributed by atoms with van der Waals surface area (Å²) in [5.74, 6) is -0.329. The van der Waals surface area contributed by atoms with E-state index in [1.165, 1.54) is 12.1 Å². The SMILES string of the molecule is Cc1nc(Br)ccc1NCc1cc(F)cc(Cl)c1. The molecule has 2 nitrogen and oxygen atoms in total. The molecule has 1 N–H and O–H groups in total. The first-order valence-corrected chi connectivity index (χ1v) is 6.53. The molecule has 1 aromatic carbocycles. The normalized spacial score (nSPS) is 10.4. The van der Waals surface area contributed by atoms with Crippen molar-refractivity contribution in [1.82, 2.24) is 4.98 Å². The van der Waals surface area contributed by atoms with E-state index in [0.717, 1.165) is 21.5 Å². The van der Waals surface area contributed by atoms with Gasteiger partial charge in [0.15, 0.2) is 0 Å². The first-order chi connectivity index (χ1) is 8.54. The summed E-state index contributed by atoms with van der Waals surface area (Å²) in [6, 6.07) is 8.26. The van der Waals surface area contributed by atoms with Gasteiger partial charge in [-0.15, -0.1) is 0 Å². The number of hydrogen-bond donors (Lipinski definition) is 1. The number of pyridine rings is 1. The predicted octanol–water partition coefficient (Wildman–Crippen LogP) is 4.56. The highest BCUT2D eigenvalue weighted by Gasteiger charge is 2.02. The number of hydrogen-bond acceptors (Lipinski definition) is 2. The van der Waals surface area contributed by atoms with Crippen LogP contribution in [-0.2, 0) is 6.54 Å². The second kappa shape index (κ2) is 5.67. The summed E-state index contributed by atoms with van der Waals surface area (Å²) in [5.41, 5.74) is 2.59. The molecule has 2 aromatic rings. The molecule has 0 atom stereocenters. The first-order valence-electron chi connectivity index (χ1n) is 5.36. The van der Waals surface area contributed by atoms with Crippen LogP contribution in [-0.4, -0.2) is 4.98 Å². The number of aryl methyl sites for hydroxylation is 1. The molecule has 0 aliphatic rings. The quantitative estimate of drug-likeness (QED) is 0.835. The Morgan fingerprint density at radius 1 is 1.33 bits per heavy atom. The highest BCUT2D eigenvalue weighted by atomic mass is 79.9. The van der Waals surface area contributed by atoms with Gasteiger partial charge >= 0.3 is 0 Å². The molecule has 0 saturated heterocycles. The fraction of sp³-hybridized carbons (Fsp3) is 0.154. The molecule has 2 rings (SSSR count). The summed E-state index contributed by atoms with van der Waals surface area (Å²) in [7, 11) is 0.